The van der Waals surface area contributed by atoms with Gasteiger partial charge in [-0.3, -0.25) is 4.42 Å². The minimum absolute atomic E-state index is 0.114. The van der Waals surface area contributed by atoms with Crippen molar-refractivity contribution in [3.63, 3.8) is 0 Å². The highest BCUT2D eigenvalue weighted by Crippen LogP contribution is 2.49. The van der Waals surface area contributed by atoms with E-state index in [0.29, 0.717) is 0 Å². The van der Waals surface area contributed by atoms with E-state index in [-0.39, 0.29) is 4.71 Å². The fourth-order valence-corrected chi connectivity index (χ4v) is 5.08. The van der Waals surface area contributed by atoms with E-state index in [4.69, 9.17) is 23.6 Å². The van der Waals surface area contributed by atoms with E-state index in [1.165, 1.54) is 24.2 Å². The van der Waals surface area contributed by atoms with Gasteiger partial charge < -0.3 is 0 Å². The summed E-state index contributed by atoms with van der Waals surface area (Å²) in [5.74, 6) is 0. The molecule has 0 spiro atoms. The van der Waals surface area contributed by atoms with Crippen LogP contribution in [-0.4, -0.2) is 15.1 Å². The molecular weight excluding hydrogens is 319 g/mol. The molecule has 106 valence electrons. The summed E-state index contributed by atoms with van der Waals surface area (Å²) >= 11 is 15.9. The number of hydrogen-bond acceptors (Lipinski definition) is 4. The van der Waals surface area contributed by atoms with Crippen LogP contribution < -0.4 is 4.42 Å². The summed E-state index contributed by atoms with van der Waals surface area (Å²) < 4.78 is 3.67. The van der Waals surface area contributed by atoms with Crippen LogP contribution >= 0.6 is 47.3 Å². The molecule has 1 atom stereocenters. The molecule has 0 fully saturated rings. The number of halogens is 2. The van der Waals surface area contributed by atoms with Gasteiger partial charge in [0.1, 0.15) is 0 Å². The average molecular weight is 337 g/mol. The van der Waals surface area contributed by atoms with Gasteiger partial charge in [0.2, 0.25) is 0 Å². The number of fused-ring (bicyclic) bond motifs is 1. The van der Waals surface area contributed by atoms with Crippen LogP contribution in [0.1, 0.15) is 32.6 Å². The van der Waals surface area contributed by atoms with Gasteiger partial charge in [0, 0.05) is 23.2 Å². The van der Waals surface area contributed by atoms with Gasteiger partial charge in [0.15, 0.2) is 4.71 Å². The largest absolute Gasteiger partial charge is 0.260 e. The smallest absolute Gasteiger partial charge is 0.157 e. The van der Waals surface area contributed by atoms with Gasteiger partial charge in [0.05, 0.1) is 5.69 Å². The second kappa shape index (κ2) is 7.89. The lowest BCUT2D eigenvalue weighted by Crippen LogP contribution is -2.19. The molecule has 0 saturated heterocycles. The minimum atomic E-state index is 0.114. The maximum absolute atomic E-state index is 6.34. The molecule has 6 heteroatoms. The highest BCUT2D eigenvalue weighted by molar-refractivity contribution is 8.16. The second-order valence-corrected chi connectivity index (χ2v) is 7.90. The van der Waals surface area contributed by atoms with Crippen LogP contribution in [-0.2, 0) is 0 Å². The van der Waals surface area contributed by atoms with E-state index in [9.17, 15) is 0 Å². The SMILES string of the molecule is CCCCCCN(Cl)SC1Sc2ccccc2N1Cl. The summed E-state index contributed by atoms with van der Waals surface area (Å²) in [5, 5.41) is 0. The first-order chi connectivity index (χ1) is 9.22. The van der Waals surface area contributed by atoms with Crippen LogP contribution in [0.15, 0.2) is 29.2 Å². The minimum Gasteiger partial charge on any atom is -0.260 e. The third-order valence-corrected chi connectivity index (χ3v) is 6.28. The van der Waals surface area contributed by atoms with Gasteiger partial charge in [0.25, 0.3) is 0 Å². The van der Waals surface area contributed by atoms with Gasteiger partial charge in [-0.2, -0.15) is 3.82 Å². The highest BCUT2D eigenvalue weighted by Gasteiger charge is 2.30. The third-order valence-electron chi connectivity index (χ3n) is 2.90. The summed E-state index contributed by atoms with van der Waals surface area (Å²) in [5.41, 5.74) is 1.07. The molecule has 0 aromatic heterocycles. The van der Waals surface area contributed by atoms with E-state index in [2.05, 4.69) is 13.0 Å². The van der Waals surface area contributed by atoms with Gasteiger partial charge in [-0.25, -0.2) is 0 Å². The molecular formula is C13H18Cl2N2S2. The predicted octanol–water partition coefficient (Wildman–Crippen LogP) is 5.72. The topological polar surface area (TPSA) is 6.48 Å². The van der Waals surface area contributed by atoms with Crippen LogP contribution in [0.3, 0.4) is 0 Å². The summed E-state index contributed by atoms with van der Waals surface area (Å²) in [7, 11) is 0. The molecule has 19 heavy (non-hydrogen) atoms. The summed E-state index contributed by atoms with van der Waals surface area (Å²) in [6.07, 6.45) is 4.90. The van der Waals surface area contributed by atoms with Crippen molar-refractivity contribution >= 4 is 53.0 Å². The fourth-order valence-electron chi connectivity index (χ4n) is 1.88. The Labute approximate surface area is 134 Å². The third kappa shape index (κ3) is 4.36. The molecule has 0 N–H and O–H groups in total. The molecule has 1 heterocycles. The van der Waals surface area contributed by atoms with Crippen molar-refractivity contribution in [3.8, 4) is 0 Å². The van der Waals surface area contributed by atoms with Crippen LogP contribution in [0.2, 0.25) is 0 Å². The summed E-state index contributed by atoms with van der Waals surface area (Å²) in [6.45, 7) is 3.11. The molecule has 1 unspecified atom stereocenters. The Morgan fingerprint density at radius 3 is 2.84 bits per heavy atom. The number of benzene rings is 1. The number of thioether (sulfide) groups is 1. The molecule has 0 bridgehead atoms. The molecule has 1 aliphatic heterocycles. The molecule has 1 aliphatic rings. The lowest BCUT2D eigenvalue weighted by molar-refractivity contribution is 0.597. The monoisotopic (exact) mass is 336 g/mol. The van der Waals surface area contributed by atoms with Crippen molar-refractivity contribution < 1.29 is 0 Å². The van der Waals surface area contributed by atoms with Crippen LogP contribution in [0, 0.1) is 0 Å². The van der Waals surface area contributed by atoms with Crippen molar-refractivity contribution in [3.05, 3.63) is 24.3 Å². The molecule has 2 nitrogen and oxygen atoms in total. The molecule has 0 aliphatic carbocycles. The zero-order valence-electron chi connectivity index (χ0n) is 10.9. The first-order valence-corrected chi connectivity index (χ1v) is 8.92. The Hall–Kier alpha value is 0.260. The van der Waals surface area contributed by atoms with Crippen LogP contribution in [0.25, 0.3) is 0 Å². The van der Waals surface area contributed by atoms with E-state index >= 15 is 0 Å². The second-order valence-electron chi connectivity index (χ2n) is 4.41. The Kier molecular flexibility index (Phi) is 6.50. The lowest BCUT2D eigenvalue weighted by Gasteiger charge is -2.21. The first-order valence-electron chi connectivity index (χ1n) is 6.53. The maximum atomic E-state index is 6.34. The van der Waals surface area contributed by atoms with E-state index < -0.39 is 0 Å². The van der Waals surface area contributed by atoms with Crippen molar-refractivity contribution in [1.29, 1.82) is 0 Å². The Morgan fingerprint density at radius 2 is 2.11 bits per heavy atom. The Bertz CT molecular complexity index is 406. The fraction of sp³-hybridized carbons (Fsp3) is 0.538. The summed E-state index contributed by atoms with van der Waals surface area (Å²) in [4.78, 5) is 1.21. The van der Waals surface area contributed by atoms with Crippen molar-refractivity contribution in [2.45, 2.75) is 42.2 Å². The lowest BCUT2D eigenvalue weighted by atomic mass is 10.2. The average Bonchev–Trinajstić information content (AvgIpc) is 2.72. The van der Waals surface area contributed by atoms with Crippen molar-refractivity contribution in [1.82, 2.24) is 3.82 Å². The number of para-hydroxylation sites is 1. The molecule has 2 rings (SSSR count). The normalized spacial score (nSPS) is 18.1. The number of hydrogen-bond donors (Lipinski definition) is 0. The number of rotatable bonds is 7. The molecule has 1 aromatic rings. The summed E-state index contributed by atoms with van der Waals surface area (Å²) in [6, 6.07) is 8.17. The number of unbranched alkanes of at least 4 members (excludes halogenated alkanes) is 3. The Balaban J connectivity index is 1.78. The van der Waals surface area contributed by atoms with Gasteiger partial charge in [-0.05, 0) is 42.3 Å². The van der Waals surface area contributed by atoms with Crippen molar-refractivity contribution in [2.24, 2.45) is 0 Å². The Morgan fingerprint density at radius 1 is 1.32 bits per heavy atom. The van der Waals surface area contributed by atoms with Crippen molar-refractivity contribution in [2.75, 3.05) is 11.0 Å². The van der Waals surface area contributed by atoms with Crippen LogP contribution in [0.4, 0.5) is 5.69 Å². The molecule has 0 radical (unpaired) electrons. The number of nitrogens with zero attached hydrogens (tertiary/aromatic N) is 2. The van der Waals surface area contributed by atoms with Gasteiger partial charge >= 0.3 is 0 Å². The van der Waals surface area contributed by atoms with E-state index in [1.54, 1.807) is 32.0 Å². The number of anilines is 1. The highest BCUT2D eigenvalue weighted by atomic mass is 35.5. The molecule has 0 amide bonds. The standard InChI is InChI=1S/C13H18Cl2N2S2/c1-2-3-4-7-10-16(14)19-13-17(15)11-8-5-6-9-12(11)18-13/h5-6,8-9,13H,2-4,7,10H2,1H3. The predicted molar refractivity (Wildman–Crippen MR) is 88.7 cm³/mol. The molecule has 0 saturated carbocycles. The van der Waals surface area contributed by atoms with Gasteiger partial charge in [-0.1, -0.05) is 50.1 Å². The van der Waals surface area contributed by atoms with E-state index in [1.807, 2.05) is 18.2 Å². The zero-order chi connectivity index (χ0) is 13.7. The quantitative estimate of drug-likeness (QED) is 0.356. The first kappa shape index (κ1) is 15.6. The van der Waals surface area contributed by atoms with Crippen LogP contribution in [0.5, 0.6) is 0 Å². The maximum Gasteiger partial charge on any atom is 0.157 e. The zero-order valence-corrected chi connectivity index (χ0v) is 14.0. The van der Waals surface area contributed by atoms with E-state index in [0.717, 1.165) is 18.7 Å². The molecule has 1 aromatic carbocycles. The van der Waals surface area contributed by atoms with Gasteiger partial charge in [-0.15, -0.1) is 0 Å².